The van der Waals surface area contributed by atoms with Gasteiger partial charge in [-0.15, -0.1) is 0 Å². The van der Waals surface area contributed by atoms with Gasteiger partial charge in [0.2, 0.25) is 0 Å². The van der Waals surface area contributed by atoms with Crippen LogP contribution in [0.2, 0.25) is 0 Å². The van der Waals surface area contributed by atoms with Crippen LogP contribution in [0.25, 0.3) is 0 Å². The van der Waals surface area contributed by atoms with E-state index in [1.807, 2.05) is 0 Å². The number of hydrogen-bond donors (Lipinski definition) is 0. The Morgan fingerprint density at radius 3 is 0.533 bits per heavy atom. The van der Waals surface area contributed by atoms with Crippen molar-refractivity contribution >= 4 is 17.2 Å². The Kier molecular flexibility index (Phi) is 53.0. The predicted molar refractivity (Wildman–Crippen MR) is 197 cm³/mol. The normalized spacial score (nSPS) is 11.2. The molecule has 0 heterocycles. The molecular formula is C36H80NiO6P2+2. The van der Waals surface area contributed by atoms with Gasteiger partial charge in [-0.1, -0.05) is 157 Å². The van der Waals surface area contributed by atoms with Crippen LogP contribution in [0.4, 0.5) is 0 Å². The summed E-state index contributed by atoms with van der Waals surface area (Å²) in [6.07, 6.45) is 29.6. The Morgan fingerprint density at radius 2 is 0.400 bits per heavy atom. The monoisotopic (exact) mass is 728 g/mol. The fraction of sp³-hybridized carbons (Fsp3) is 1.00. The molecule has 0 aliphatic heterocycles. The predicted octanol–water partition coefficient (Wildman–Crippen LogP) is 13.5. The van der Waals surface area contributed by atoms with Crippen LogP contribution in [-0.2, 0) is 43.6 Å². The average Bonchev–Trinajstić information content (AvgIpc) is 3.03. The molecule has 278 valence electrons. The molecule has 6 nitrogen and oxygen atoms in total. The molecule has 0 rings (SSSR count). The first kappa shape index (κ1) is 50.5. The molecule has 9 heteroatoms. The maximum atomic E-state index is 5.86. The van der Waals surface area contributed by atoms with Crippen molar-refractivity contribution in [3.05, 3.63) is 0 Å². The molecule has 45 heavy (non-hydrogen) atoms. The quantitative estimate of drug-likeness (QED) is 0.0364. The van der Waals surface area contributed by atoms with Gasteiger partial charge in [-0.3, -0.25) is 0 Å². The largest absolute Gasteiger partial charge is 0.397 e. The molecule has 0 saturated carbocycles. The van der Waals surface area contributed by atoms with E-state index in [0.717, 1.165) is 78.2 Å². The van der Waals surface area contributed by atoms with Gasteiger partial charge in [0.05, 0.1) is 39.6 Å². The summed E-state index contributed by atoms with van der Waals surface area (Å²) in [5.41, 5.74) is 0. The Bertz CT molecular complexity index is 388. The number of unbranched alkanes of at least 4 members (excludes halogenated alkanes) is 18. The van der Waals surface area contributed by atoms with Crippen LogP contribution < -0.4 is 0 Å². The molecule has 0 bridgehead atoms. The molecule has 0 unspecified atom stereocenters. The summed E-state index contributed by atoms with van der Waals surface area (Å²) in [5.74, 6) is 0. The minimum Gasteiger partial charge on any atom is -0.180 e. The molecule has 0 aliphatic carbocycles. The van der Waals surface area contributed by atoms with Crippen LogP contribution in [0.15, 0.2) is 0 Å². The van der Waals surface area contributed by atoms with E-state index in [1.165, 1.54) is 116 Å². The summed E-state index contributed by atoms with van der Waals surface area (Å²) in [6.45, 7) is 18.1. The third-order valence-electron chi connectivity index (χ3n) is 7.31. The van der Waals surface area contributed by atoms with Gasteiger partial charge < -0.3 is 0 Å². The van der Waals surface area contributed by atoms with E-state index in [4.69, 9.17) is 27.1 Å². The first-order chi connectivity index (χ1) is 21.7. The smallest absolute Gasteiger partial charge is 0.180 e. The second kappa shape index (κ2) is 47.2. The summed E-state index contributed by atoms with van der Waals surface area (Å²) < 4.78 is 35.2. The fourth-order valence-electron chi connectivity index (χ4n) is 4.36. The van der Waals surface area contributed by atoms with E-state index in [2.05, 4.69) is 41.5 Å². The van der Waals surface area contributed by atoms with Crippen molar-refractivity contribution in [2.24, 2.45) is 0 Å². The third kappa shape index (κ3) is 45.1. The van der Waals surface area contributed by atoms with Gasteiger partial charge in [-0.25, -0.2) is 0 Å². The van der Waals surface area contributed by atoms with Gasteiger partial charge in [0.15, 0.2) is 0 Å². The molecule has 0 aromatic rings. The van der Waals surface area contributed by atoms with Crippen molar-refractivity contribution in [1.29, 1.82) is 0 Å². The first-order valence-corrected chi connectivity index (χ1v) is 21.6. The standard InChI is InChI=1S/2C18H40O3P.Ni/c2*1-4-7-10-13-16-19-22(20-17-14-11-8-5-2)21-18-15-12-9-6-3;/h2*22H,4-18H2,1-3H3;/q2*+1;. The summed E-state index contributed by atoms with van der Waals surface area (Å²) in [5, 5.41) is 0. The van der Waals surface area contributed by atoms with Gasteiger partial charge in [-0.05, 0) is 38.5 Å². The molecule has 0 saturated heterocycles. The van der Waals surface area contributed by atoms with Crippen LogP contribution in [0.1, 0.15) is 196 Å². The topological polar surface area (TPSA) is 55.4 Å². The van der Waals surface area contributed by atoms with Gasteiger partial charge in [-0.2, -0.15) is 27.1 Å². The van der Waals surface area contributed by atoms with E-state index in [9.17, 15) is 0 Å². The Hall–Kier alpha value is 1.11. The molecule has 0 aliphatic rings. The zero-order chi connectivity index (χ0) is 32.6. The summed E-state index contributed by atoms with van der Waals surface area (Å²) in [4.78, 5) is 0. The Morgan fingerprint density at radius 1 is 0.244 bits per heavy atom. The van der Waals surface area contributed by atoms with Crippen LogP contribution in [0.5, 0.6) is 0 Å². The molecule has 0 aromatic heterocycles. The molecule has 0 atom stereocenters. The van der Waals surface area contributed by atoms with Crippen LogP contribution in [0.3, 0.4) is 0 Å². The summed E-state index contributed by atoms with van der Waals surface area (Å²) >= 11 is 0. The first-order valence-electron chi connectivity index (χ1n) is 19.2. The van der Waals surface area contributed by atoms with E-state index < -0.39 is 17.2 Å². The zero-order valence-electron chi connectivity index (χ0n) is 31.0. The maximum Gasteiger partial charge on any atom is 0.397 e. The molecule has 0 aromatic carbocycles. The molecular weight excluding hydrogens is 649 g/mol. The Labute approximate surface area is 295 Å². The Balaban J connectivity index is -0.000000767. The SMILES string of the molecule is CCCCCCO[PH+](OCCCCCC)OCCCCCC.CCCCCCO[PH+](OCCCCCC)OCCCCCC.[Ni]. The number of rotatable bonds is 36. The fourth-order valence-corrected chi connectivity index (χ4v) is 6.72. The van der Waals surface area contributed by atoms with E-state index in [0.29, 0.717) is 0 Å². The van der Waals surface area contributed by atoms with Gasteiger partial charge in [0.25, 0.3) is 0 Å². The van der Waals surface area contributed by atoms with Crippen molar-refractivity contribution in [2.75, 3.05) is 39.6 Å². The van der Waals surface area contributed by atoms with Crippen molar-refractivity contribution in [1.82, 2.24) is 0 Å². The second-order valence-electron chi connectivity index (χ2n) is 12.0. The van der Waals surface area contributed by atoms with E-state index in [-0.39, 0.29) is 16.5 Å². The van der Waals surface area contributed by atoms with Crippen molar-refractivity contribution in [2.45, 2.75) is 196 Å². The van der Waals surface area contributed by atoms with Crippen LogP contribution >= 0.6 is 17.2 Å². The molecule has 0 spiro atoms. The molecule has 0 radical (unpaired) electrons. The van der Waals surface area contributed by atoms with E-state index in [1.54, 1.807) is 0 Å². The van der Waals surface area contributed by atoms with Gasteiger partial charge in [0, 0.05) is 16.5 Å². The summed E-state index contributed by atoms with van der Waals surface area (Å²) in [7, 11) is -3.01. The molecule has 0 fully saturated rings. The third-order valence-corrected chi connectivity index (χ3v) is 9.95. The van der Waals surface area contributed by atoms with Crippen LogP contribution in [0, 0.1) is 0 Å². The van der Waals surface area contributed by atoms with Crippen molar-refractivity contribution < 1.29 is 43.6 Å². The summed E-state index contributed by atoms with van der Waals surface area (Å²) in [6, 6.07) is 0. The average molecular weight is 730 g/mol. The van der Waals surface area contributed by atoms with Crippen molar-refractivity contribution in [3.8, 4) is 0 Å². The van der Waals surface area contributed by atoms with Gasteiger partial charge in [0.1, 0.15) is 0 Å². The molecule has 0 amide bonds. The second-order valence-corrected chi connectivity index (χ2v) is 14.7. The van der Waals surface area contributed by atoms with Crippen molar-refractivity contribution in [3.63, 3.8) is 0 Å². The molecule has 0 N–H and O–H groups in total. The minimum atomic E-state index is -1.51. The van der Waals surface area contributed by atoms with Gasteiger partial charge >= 0.3 is 17.2 Å². The minimum absolute atomic E-state index is 0. The number of hydrogen-bond acceptors (Lipinski definition) is 6. The van der Waals surface area contributed by atoms with Crippen LogP contribution in [-0.4, -0.2) is 39.6 Å². The zero-order valence-corrected chi connectivity index (χ0v) is 34.0. The van der Waals surface area contributed by atoms with E-state index >= 15 is 0 Å². The maximum absolute atomic E-state index is 5.86.